The summed E-state index contributed by atoms with van der Waals surface area (Å²) in [6, 6.07) is 0. The van der Waals surface area contributed by atoms with Gasteiger partial charge < -0.3 is 0 Å². The van der Waals surface area contributed by atoms with E-state index in [1.54, 1.807) is 0 Å². The zero-order chi connectivity index (χ0) is 15.7. The Morgan fingerprint density at radius 2 is 1.82 bits per heavy atom. The van der Waals surface area contributed by atoms with E-state index in [4.69, 9.17) is 0 Å². The fourth-order valence-electron chi connectivity index (χ4n) is 6.84. The summed E-state index contributed by atoms with van der Waals surface area (Å²) in [5.41, 5.74) is 1.29. The zero-order valence-electron chi connectivity index (χ0n) is 14.0. The van der Waals surface area contributed by atoms with E-state index in [-0.39, 0.29) is 10.8 Å². The molecule has 4 aliphatic carbocycles. The molecule has 0 aromatic carbocycles. The molecule has 0 unspecified atom stereocenters. The van der Waals surface area contributed by atoms with Gasteiger partial charge in [0.2, 0.25) is 0 Å². The number of hydrogen-bond acceptors (Lipinski definition) is 2. The van der Waals surface area contributed by atoms with Crippen molar-refractivity contribution in [1.29, 1.82) is 0 Å². The molecule has 0 aromatic rings. The van der Waals surface area contributed by atoms with E-state index in [2.05, 4.69) is 20.4 Å². The summed E-state index contributed by atoms with van der Waals surface area (Å²) in [6.45, 7) is 8.97. The lowest BCUT2D eigenvalue weighted by molar-refractivity contribution is -0.137. The van der Waals surface area contributed by atoms with Crippen molar-refractivity contribution >= 4 is 11.6 Å². The van der Waals surface area contributed by atoms with E-state index in [1.165, 1.54) is 12.0 Å². The summed E-state index contributed by atoms with van der Waals surface area (Å²) in [5, 5.41) is 0. The number of carbonyl (C=O) groups is 2. The van der Waals surface area contributed by atoms with Gasteiger partial charge in [0.15, 0.2) is 0 Å². The van der Waals surface area contributed by atoms with E-state index in [1.807, 2.05) is 0 Å². The highest BCUT2D eigenvalue weighted by atomic mass is 16.1. The Morgan fingerprint density at radius 3 is 2.59 bits per heavy atom. The molecule has 0 amide bonds. The van der Waals surface area contributed by atoms with Crippen LogP contribution < -0.4 is 0 Å². The van der Waals surface area contributed by atoms with Crippen LogP contribution in [0.1, 0.15) is 65.2 Å². The summed E-state index contributed by atoms with van der Waals surface area (Å²) >= 11 is 0. The van der Waals surface area contributed by atoms with Crippen LogP contribution in [0, 0.1) is 34.5 Å². The van der Waals surface area contributed by atoms with Gasteiger partial charge in [-0.2, -0.15) is 0 Å². The summed E-state index contributed by atoms with van der Waals surface area (Å²) < 4.78 is 0. The van der Waals surface area contributed by atoms with Gasteiger partial charge in [-0.25, -0.2) is 0 Å². The number of allylic oxidation sites excluding steroid dienone is 1. The highest BCUT2D eigenvalue weighted by molar-refractivity contribution is 5.87. The number of hydrogen-bond donors (Lipinski definition) is 0. The first-order valence-electron chi connectivity index (χ1n) is 9.10. The van der Waals surface area contributed by atoms with E-state index in [9.17, 15) is 9.59 Å². The van der Waals surface area contributed by atoms with Gasteiger partial charge in [0.05, 0.1) is 0 Å². The van der Waals surface area contributed by atoms with Gasteiger partial charge in [-0.3, -0.25) is 9.59 Å². The van der Waals surface area contributed by atoms with Crippen LogP contribution in [0.2, 0.25) is 0 Å². The largest absolute Gasteiger partial charge is 0.299 e. The van der Waals surface area contributed by atoms with E-state index < -0.39 is 0 Å². The average Bonchev–Trinajstić information content (AvgIpc) is 2.77. The lowest BCUT2D eigenvalue weighted by atomic mass is 9.44. The maximum atomic E-state index is 12.4. The van der Waals surface area contributed by atoms with Gasteiger partial charge >= 0.3 is 0 Å². The topological polar surface area (TPSA) is 34.1 Å². The predicted molar refractivity (Wildman–Crippen MR) is 86.3 cm³/mol. The van der Waals surface area contributed by atoms with Crippen LogP contribution in [-0.2, 0) is 9.59 Å². The monoisotopic (exact) mass is 300 g/mol. The van der Waals surface area contributed by atoms with Gasteiger partial charge in [-0.05, 0) is 61.2 Å². The van der Waals surface area contributed by atoms with Gasteiger partial charge in [-0.15, -0.1) is 0 Å². The lowest BCUT2D eigenvalue weighted by Gasteiger charge is -2.59. The van der Waals surface area contributed by atoms with Crippen molar-refractivity contribution in [1.82, 2.24) is 0 Å². The van der Waals surface area contributed by atoms with Gasteiger partial charge in [0.25, 0.3) is 0 Å². The van der Waals surface area contributed by atoms with Crippen molar-refractivity contribution in [2.75, 3.05) is 0 Å². The average molecular weight is 300 g/mol. The first kappa shape index (κ1) is 14.7. The van der Waals surface area contributed by atoms with Gasteiger partial charge in [-0.1, -0.05) is 26.0 Å². The number of rotatable bonds is 0. The molecule has 4 fully saturated rings. The van der Waals surface area contributed by atoms with Crippen LogP contribution in [0.4, 0.5) is 0 Å². The smallest absolute Gasteiger partial charge is 0.139 e. The fourth-order valence-corrected chi connectivity index (χ4v) is 6.84. The zero-order valence-corrected chi connectivity index (χ0v) is 14.0. The molecule has 2 nitrogen and oxygen atoms in total. The Bertz CT molecular complexity index is 562. The number of ketones is 2. The fraction of sp³-hybridized carbons (Fsp3) is 0.800. The van der Waals surface area contributed by atoms with Crippen LogP contribution in [0.15, 0.2) is 12.2 Å². The predicted octanol–water partition coefficient (Wildman–Crippen LogP) is 4.33. The normalized spacial score (nSPS) is 51.3. The molecular weight excluding hydrogens is 272 g/mol. The third-order valence-corrected chi connectivity index (χ3v) is 8.26. The molecular formula is C20H28O2. The molecule has 4 rings (SSSR count). The number of Topliss-reactive ketones (excluding diaryl/α,β-unsaturated/α-hetero) is 2. The van der Waals surface area contributed by atoms with Crippen LogP contribution in [0.5, 0.6) is 0 Å². The van der Waals surface area contributed by atoms with Crippen molar-refractivity contribution in [2.24, 2.45) is 34.5 Å². The van der Waals surface area contributed by atoms with Gasteiger partial charge in [0.1, 0.15) is 11.6 Å². The number of fused-ring (bicyclic) bond motifs is 5. The highest BCUT2D eigenvalue weighted by Crippen LogP contribution is 2.66. The van der Waals surface area contributed by atoms with Crippen LogP contribution in [0.25, 0.3) is 0 Å². The molecule has 0 aliphatic heterocycles. The number of carbonyl (C=O) groups excluding carboxylic acids is 2. The third kappa shape index (κ3) is 1.67. The highest BCUT2D eigenvalue weighted by Gasteiger charge is 2.60. The minimum absolute atomic E-state index is 0.0455. The second-order valence-electron chi connectivity index (χ2n) is 8.87. The molecule has 0 aromatic heterocycles. The Hall–Kier alpha value is -0.920. The molecule has 0 spiro atoms. The first-order chi connectivity index (χ1) is 10.4. The summed E-state index contributed by atoms with van der Waals surface area (Å²) in [4.78, 5) is 24.4. The van der Waals surface area contributed by atoms with Crippen LogP contribution in [0.3, 0.4) is 0 Å². The molecule has 22 heavy (non-hydrogen) atoms. The standard InChI is InChI=1S/C20H28O2/c1-12-10-14(21)11-13-4-5-15-16-6-7-18(22)19(16,2)9-8-17(15)20(12,13)3/h13,15-17H,1,4-11H2,2-3H3/t13-,15-,16-,17-,19-,20-/m0/s1. The second kappa shape index (κ2) is 4.55. The molecule has 0 heterocycles. The van der Waals surface area contributed by atoms with Crippen molar-refractivity contribution in [3.05, 3.63) is 12.2 Å². The second-order valence-corrected chi connectivity index (χ2v) is 8.87. The molecule has 0 saturated heterocycles. The molecule has 4 aliphatic rings. The summed E-state index contributed by atoms with van der Waals surface area (Å²) in [5.74, 6) is 3.32. The quantitative estimate of drug-likeness (QED) is 0.624. The minimum atomic E-state index is -0.0455. The Balaban J connectivity index is 1.70. The third-order valence-electron chi connectivity index (χ3n) is 8.26. The molecule has 2 heteroatoms. The van der Waals surface area contributed by atoms with Crippen molar-refractivity contribution in [2.45, 2.75) is 65.2 Å². The molecule has 0 N–H and O–H groups in total. The van der Waals surface area contributed by atoms with E-state index in [0.29, 0.717) is 41.7 Å². The van der Waals surface area contributed by atoms with Crippen LogP contribution in [-0.4, -0.2) is 11.6 Å². The van der Waals surface area contributed by atoms with E-state index in [0.717, 1.165) is 38.5 Å². The minimum Gasteiger partial charge on any atom is -0.299 e. The van der Waals surface area contributed by atoms with Gasteiger partial charge in [0, 0.05) is 24.7 Å². The molecule has 4 saturated carbocycles. The SMILES string of the molecule is C=C1CC(=O)C[C@@H]2CC[C@@H]3[C@H](CC[C@]4(C)C(=O)CC[C@@H]34)[C@@]12C. The molecule has 6 atom stereocenters. The van der Waals surface area contributed by atoms with Crippen molar-refractivity contribution < 1.29 is 9.59 Å². The Kier molecular flexibility index (Phi) is 3.03. The molecule has 0 radical (unpaired) electrons. The van der Waals surface area contributed by atoms with Crippen molar-refractivity contribution in [3.63, 3.8) is 0 Å². The summed E-state index contributed by atoms with van der Waals surface area (Å²) in [7, 11) is 0. The summed E-state index contributed by atoms with van der Waals surface area (Å²) in [6.07, 6.45) is 7.84. The maximum Gasteiger partial charge on any atom is 0.139 e. The molecule has 0 bridgehead atoms. The van der Waals surface area contributed by atoms with Crippen LogP contribution >= 0.6 is 0 Å². The van der Waals surface area contributed by atoms with Crippen molar-refractivity contribution in [3.8, 4) is 0 Å². The lowest BCUT2D eigenvalue weighted by Crippen LogP contribution is -2.54. The van der Waals surface area contributed by atoms with E-state index >= 15 is 0 Å². The Labute approximate surface area is 133 Å². The maximum absolute atomic E-state index is 12.4. The molecule has 120 valence electrons. The first-order valence-corrected chi connectivity index (χ1v) is 9.10. The Morgan fingerprint density at radius 1 is 1.05 bits per heavy atom.